The van der Waals surface area contributed by atoms with Gasteiger partial charge in [0.15, 0.2) is 0 Å². The monoisotopic (exact) mass is 801 g/mol. The fraction of sp³-hybridized carbons (Fsp3) is 0. The van der Waals surface area contributed by atoms with E-state index in [2.05, 4.69) is 250 Å². The Balaban J connectivity index is 0.958. The van der Waals surface area contributed by atoms with Crippen LogP contribution in [0, 0.1) is 0 Å². The second-order valence-electron chi connectivity index (χ2n) is 16.5. The molecule has 0 spiro atoms. The van der Waals surface area contributed by atoms with Crippen molar-refractivity contribution in [2.75, 3.05) is 0 Å². The normalized spacial score (nSPS) is 11.8. The Morgan fingerprint density at radius 2 is 0.556 bits per heavy atom. The van der Waals surface area contributed by atoms with Crippen LogP contribution in [0.15, 0.2) is 237 Å². The van der Waals surface area contributed by atoms with E-state index in [-0.39, 0.29) is 0 Å². The molecular weight excluding hydrogens is 763 g/mol. The quantitative estimate of drug-likeness (QED) is 0.159. The van der Waals surface area contributed by atoms with Crippen LogP contribution in [0.3, 0.4) is 0 Å². The average Bonchev–Trinajstić information content (AvgIpc) is 4.00. The largest absolute Gasteiger partial charge is 0.309 e. The van der Waals surface area contributed by atoms with E-state index in [0.717, 1.165) is 17.1 Å². The topological polar surface area (TPSA) is 14.8 Å². The maximum atomic E-state index is 2.46. The number of hydrogen-bond donors (Lipinski definition) is 0. The highest BCUT2D eigenvalue weighted by Crippen LogP contribution is 2.41. The molecule has 0 saturated carbocycles. The molecule has 0 aliphatic heterocycles. The summed E-state index contributed by atoms with van der Waals surface area (Å²) >= 11 is 0. The van der Waals surface area contributed by atoms with Gasteiger partial charge in [-0.05, 0) is 107 Å². The van der Waals surface area contributed by atoms with E-state index in [0.29, 0.717) is 0 Å². The highest BCUT2D eigenvalue weighted by molar-refractivity contribution is 6.13. The van der Waals surface area contributed by atoms with Gasteiger partial charge in [0.2, 0.25) is 0 Å². The molecule has 3 heterocycles. The standard InChI is InChI=1S/C60H39N3/c1-2-14-42(15-3-1)47-16-4-9-21-54(47)63-59-36-30-43(40-26-32-45(33-27-40)61-55-22-10-5-17-48(55)49-18-6-11-23-56(49)61)38-52(59)53-39-44(31-37-60(53)63)41-28-34-46(35-29-41)62-57-24-12-7-19-50(57)51-20-8-13-25-58(51)62/h1-39H. The third-order valence-electron chi connectivity index (χ3n) is 13.1. The predicted octanol–water partition coefficient (Wildman–Crippen LogP) is 16.0. The van der Waals surface area contributed by atoms with Gasteiger partial charge >= 0.3 is 0 Å². The zero-order valence-corrected chi connectivity index (χ0v) is 34.4. The molecule has 3 nitrogen and oxygen atoms in total. The molecule has 13 aromatic rings. The molecule has 63 heavy (non-hydrogen) atoms. The van der Waals surface area contributed by atoms with E-state index in [4.69, 9.17) is 0 Å². The summed E-state index contributed by atoms with van der Waals surface area (Å²) in [5.74, 6) is 0. The van der Waals surface area contributed by atoms with Crippen LogP contribution in [-0.2, 0) is 0 Å². The van der Waals surface area contributed by atoms with Gasteiger partial charge in [-0.2, -0.15) is 0 Å². The number of nitrogens with zero attached hydrogens (tertiary/aromatic N) is 3. The van der Waals surface area contributed by atoms with Gasteiger partial charge in [-0.25, -0.2) is 0 Å². The van der Waals surface area contributed by atoms with Crippen LogP contribution >= 0.6 is 0 Å². The highest BCUT2D eigenvalue weighted by atomic mass is 15.0. The molecule has 0 saturated heterocycles. The predicted molar refractivity (Wildman–Crippen MR) is 266 cm³/mol. The first kappa shape index (κ1) is 35.4. The number of fused-ring (bicyclic) bond motifs is 9. The molecule has 0 bridgehead atoms. The zero-order chi connectivity index (χ0) is 41.4. The zero-order valence-electron chi connectivity index (χ0n) is 34.4. The lowest BCUT2D eigenvalue weighted by molar-refractivity contribution is 1.18. The van der Waals surface area contributed by atoms with Gasteiger partial charge in [-0.1, -0.05) is 158 Å². The first-order valence-electron chi connectivity index (χ1n) is 21.7. The molecule has 13 rings (SSSR count). The fourth-order valence-corrected chi connectivity index (χ4v) is 10.2. The van der Waals surface area contributed by atoms with Crippen molar-refractivity contribution in [2.24, 2.45) is 0 Å². The van der Waals surface area contributed by atoms with Crippen LogP contribution in [0.25, 0.3) is 116 Å². The summed E-state index contributed by atoms with van der Waals surface area (Å²) in [4.78, 5) is 0. The highest BCUT2D eigenvalue weighted by Gasteiger charge is 2.19. The van der Waals surface area contributed by atoms with Gasteiger partial charge in [-0.3, -0.25) is 0 Å². The number of aromatic nitrogens is 3. The smallest absolute Gasteiger partial charge is 0.0541 e. The maximum Gasteiger partial charge on any atom is 0.0541 e. The third kappa shape index (κ3) is 5.53. The summed E-state index contributed by atoms with van der Waals surface area (Å²) in [6.45, 7) is 0. The van der Waals surface area contributed by atoms with Crippen LogP contribution < -0.4 is 0 Å². The van der Waals surface area contributed by atoms with E-state index in [9.17, 15) is 0 Å². The van der Waals surface area contributed by atoms with Crippen LogP contribution in [-0.4, -0.2) is 13.7 Å². The van der Waals surface area contributed by atoms with Crippen molar-refractivity contribution in [2.45, 2.75) is 0 Å². The third-order valence-corrected chi connectivity index (χ3v) is 13.1. The Morgan fingerprint density at radius 3 is 1.00 bits per heavy atom. The summed E-state index contributed by atoms with van der Waals surface area (Å²) in [5.41, 5.74) is 17.8. The van der Waals surface area contributed by atoms with Gasteiger partial charge in [-0.15, -0.1) is 0 Å². The molecule has 0 aliphatic carbocycles. The molecule has 0 atom stereocenters. The number of hydrogen-bond acceptors (Lipinski definition) is 0. The van der Waals surface area contributed by atoms with Crippen LogP contribution in [0.5, 0.6) is 0 Å². The molecule has 3 heteroatoms. The molecule has 294 valence electrons. The van der Waals surface area contributed by atoms with E-state index in [1.807, 2.05) is 0 Å². The maximum absolute atomic E-state index is 2.46. The second kappa shape index (κ2) is 14.1. The Bertz CT molecular complexity index is 3560. The number of benzene rings is 10. The first-order valence-corrected chi connectivity index (χ1v) is 21.7. The SMILES string of the molecule is c1ccc(-c2ccccc2-n2c3ccc(-c4ccc(-n5c6ccccc6c6ccccc65)cc4)cc3c3cc(-c4ccc(-n5c6ccccc6c6ccccc65)cc4)ccc32)cc1. The van der Waals surface area contributed by atoms with E-state index >= 15 is 0 Å². The molecular formula is C60H39N3. The Hall–Kier alpha value is -8.40. The molecule has 3 aromatic heterocycles. The molecule has 0 fully saturated rings. The lowest BCUT2D eigenvalue weighted by Crippen LogP contribution is -1.97. The Morgan fingerprint density at radius 1 is 0.206 bits per heavy atom. The molecule has 0 amide bonds. The average molecular weight is 802 g/mol. The van der Waals surface area contributed by atoms with E-state index in [1.165, 1.54) is 98.8 Å². The molecule has 0 radical (unpaired) electrons. The minimum absolute atomic E-state index is 1.15. The van der Waals surface area contributed by atoms with Gasteiger partial charge in [0.05, 0.1) is 38.8 Å². The van der Waals surface area contributed by atoms with Crippen molar-refractivity contribution in [1.29, 1.82) is 0 Å². The van der Waals surface area contributed by atoms with Gasteiger partial charge in [0.25, 0.3) is 0 Å². The molecule has 0 N–H and O–H groups in total. The van der Waals surface area contributed by atoms with Gasteiger partial charge < -0.3 is 13.7 Å². The van der Waals surface area contributed by atoms with Crippen LogP contribution in [0.4, 0.5) is 0 Å². The summed E-state index contributed by atoms with van der Waals surface area (Å²) in [7, 11) is 0. The first-order chi connectivity index (χ1) is 31.3. The van der Waals surface area contributed by atoms with Crippen LogP contribution in [0.1, 0.15) is 0 Å². The van der Waals surface area contributed by atoms with Gasteiger partial charge in [0.1, 0.15) is 0 Å². The Labute approximate surface area is 364 Å². The van der Waals surface area contributed by atoms with Crippen molar-refractivity contribution in [1.82, 2.24) is 13.7 Å². The second-order valence-corrected chi connectivity index (χ2v) is 16.5. The van der Waals surface area contributed by atoms with Crippen molar-refractivity contribution in [3.05, 3.63) is 237 Å². The summed E-state index contributed by atoms with van der Waals surface area (Å²) in [5, 5.41) is 7.52. The molecule has 0 aliphatic rings. The molecule has 10 aromatic carbocycles. The summed E-state index contributed by atoms with van der Waals surface area (Å²) < 4.78 is 7.22. The molecule has 0 unspecified atom stereocenters. The number of rotatable bonds is 6. The van der Waals surface area contributed by atoms with Crippen molar-refractivity contribution in [3.63, 3.8) is 0 Å². The fourth-order valence-electron chi connectivity index (χ4n) is 10.2. The lowest BCUT2D eigenvalue weighted by Gasteiger charge is -2.14. The van der Waals surface area contributed by atoms with Crippen molar-refractivity contribution >= 4 is 65.4 Å². The van der Waals surface area contributed by atoms with E-state index in [1.54, 1.807) is 0 Å². The lowest BCUT2D eigenvalue weighted by atomic mass is 10.00. The van der Waals surface area contributed by atoms with Gasteiger partial charge in [0, 0.05) is 49.3 Å². The Kier molecular flexibility index (Phi) is 7.91. The van der Waals surface area contributed by atoms with Crippen molar-refractivity contribution < 1.29 is 0 Å². The minimum atomic E-state index is 1.15. The summed E-state index contributed by atoms with van der Waals surface area (Å²) in [6, 6.07) is 86.4. The summed E-state index contributed by atoms with van der Waals surface area (Å²) in [6.07, 6.45) is 0. The van der Waals surface area contributed by atoms with E-state index < -0.39 is 0 Å². The number of para-hydroxylation sites is 5. The minimum Gasteiger partial charge on any atom is -0.309 e. The van der Waals surface area contributed by atoms with Crippen molar-refractivity contribution in [3.8, 4) is 50.4 Å². The van der Waals surface area contributed by atoms with Crippen LogP contribution in [0.2, 0.25) is 0 Å².